The van der Waals surface area contributed by atoms with E-state index in [9.17, 15) is 10.1 Å². The van der Waals surface area contributed by atoms with Crippen molar-refractivity contribution >= 4 is 28.3 Å². The zero-order valence-corrected chi connectivity index (χ0v) is 16.4. The molecule has 0 bridgehead atoms. The predicted molar refractivity (Wildman–Crippen MR) is 112 cm³/mol. The second-order valence-corrected chi connectivity index (χ2v) is 6.66. The van der Waals surface area contributed by atoms with Gasteiger partial charge in [-0.3, -0.25) is 4.79 Å². The molecule has 2 heterocycles. The van der Waals surface area contributed by atoms with Crippen LogP contribution in [0.5, 0.6) is 0 Å². The lowest BCUT2D eigenvalue weighted by Gasteiger charge is -2.10. The van der Waals surface area contributed by atoms with E-state index in [0.717, 1.165) is 29.5 Å². The maximum absolute atomic E-state index is 11.7. The summed E-state index contributed by atoms with van der Waals surface area (Å²) in [5, 5.41) is 29.8. The Morgan fingerprint density at radius 1 is 1.28 bits per heavy atom. The van der Waals surface area contributed by atoms with Crippen LogP contribution in [0.4, 0.5) is 11.4 Å². The molecule has 8 nitrogen and oxygen atoms in total. The Labute approximate surface area is 169 Å². The van der Waals surface area contributed by atoms with Crippen molar-refractivity contribution in [2.45, 2.75) is 32.7 Å². The molecule has 2 aromatic heterocycles. The summed E-state index contributed by atoms with van der Waals surface area (Å²) in [6.07, 6.45) is 5.27. The van der Waals surface area contributed by atoms with Gasteiger partial charge in [0.25, 0.3) is 0 Å². The van der Waals surface area contributed by atoms with E-state index in [1.165, 1.54) is 6.20 Å². The summed E-state index contributed by atoms with van der Waals surface area (Å²) >= 11 is 0. The van der Waals surface area contributed by atoms with Crippen LogP contribution in [0.3, 0.4) is 0 Å². The van der Waals surface area contributed by atoms with Crippen molar-refractivity contribution < 1.29 is 9.90 Å². The second-order valence-electron chi connectivity index (χ2n) is 6.66. The number of rotatable bonds is 9. The van der Waals surface area contributed by atoms with Crippen molar-refractivity contribution in [3.05, 3.63) is 47.8 Å². The van der Waals surface area contributed by atoms with Crippen molar-refractivity contribution in [3.8, 4) is 6.07 Å². The smallest absolute Gasteiger partial charge is 0.224 e. The molecular formula is C21H24N6O2. The minimum atomic E-state index is -0.0316. The Morgan fingerprint density at radius 2 is 2.07 bits per heavy atom. The van der Waals surface area contributed by atoms with Crippen LogP contribution in [-0.4, -0.2) is 38.9 Å². The molecule has 0 saturated carbocycles. The molecule has 0 spiro atoms. The largest absolute Gasteiger partial charge is 0.394 e. The first-order valence-electron chi connectivity index (χ1n) is 9.64. The minimum absolute atomic E-state index is 0.0226. The third-order valence-corrected chi connectivity index (χ3v) is 4.53. The summed E-state index contributed by atoms with van der Waals surface area (Å²) in [5.41, 5.74) is 3.69. The van der Waals surface area contributed by atoms with Crippen LogP contribution in [0.15, 0.2) is 36.7 Å². The number of anilines is 2. The molecule has 0 radical (unpaired) electrons. The first-order chi connectivity index (χ1) is 14.2. The number of carbonyl (C=O) groups is 1. The summed E-state index contributed by atoms with van der Waals surface area (Å²) in [6.45, 7) is 2.92. The monoisotopic (exact) mass is 392 g/mol. The maximum Gasteiger partial charge on any atom is 0.224 e. The van der Waals surface area contributed by atoms with Gasteiger partial charge in [0.1, 0.15) is 6.07 Å². The lowest BCUT2D eigenvalue weighted by molar-refractivity contribution is -0.116. The topological polar surface area (TPSA) is 116 Å². The summed E-state index contributed by atoms with van der Waals surface area (Å²) in [6, 6.07) is 9.92. The molecule has 3 rings (SSSR count). The van der Waals surface area contributed by atoms with E-state index in [4.69, 9.17) is 5.11 Å². The molecule has 1 amide bonds. The van der Waals surface area contributed by atoms with E-state index >= 15 is 0 Å². The van der Waals surface area contributed by atoms with E-state index in [1.54, 1.807) is 10.9 Å². The quantitative estimate of drug-likeness (QED) is 0.516. The number of nitriles is 1. The second kappa shape index (κ2) is 9.66. The van der Waals surface area contributed by atoms with Crippen LogP contribution < -0.4 is 10.6 Å². The van der Waals surface area contributed by atoms with Crippen molar-refractivity contribution in [2.75, 3.05) is 23.8 Å². The van der Waals surface area contributed by atoms with Crippen LogP contribution >= 0.6 is 0 Å². The fraction of sp³-hybridized carbons (Fsp3) is 0.333. The van der Waals surface area contributed by atoms with Crippen LogP contribution in [0.25, 0.3) is 11.0 Å². The van der Waals surface area contributed by atoms with Crippen LogP contribution in [-0.2, 0) is 17.8 Å². The van der Waals surface area contributed by atoms with Crippen LogP contribution in [0.2, 0.25) is 0 Å². The number of amides is 1. The number of nitrogens with one attached hydrogen (secondary N) is 2. The number of hydrogen-bond acceptors (Lipinski definition) is 6. The van der Waals surface area contributed by atoms with Gasteiger partial charge in [0.2, 0.25) is 5.91 Å². The van der Waals surface area contributed by atoms with E-state index in [2.05, 4.69) is 26.8 Å². The summed E-state index contributed by atoms with van der Waals surface area (Å²) < 4.78 is 1.62. The van der Waals surface area contributed by atoms with Crippen molar-refractivity contribution in [1.29, 1.82) is 5.26 Å². The fourth-order valence-corrected chi connectivity index (χ4v) is 3.10. The van der Waals surface area contributed by atoms with Gasteiger partial charge in [0, 0.05) is 24.8 Å². The molecule has 150 valence electrons. The van der Waals surface area contributed by atoms with Gasteiger partial charge in [0.15, 0.2) is 5.65 Å². The zero-order chi connectivity index (χ0) is 20.6. The molecule has 0 aliphatic rings. The molecular weight excluding hydrogens is 368 g/mol. The van der Waals surface area contributed by atoms with Crippen molar-refractivity contribution in [1.82, 2.24) is 14.8 Å². The van der Waals surface area contributed by atoms with Gasteiger partial charge in [-0.15, -0.1) is 0 Å². The molecule has 0 aliphatic carbocycles. The average molecular weight is 392 g/mol. The SMILES string of the molecule is CCCC(=O)Nc1ccc(CCNc2c(C#N)cnc3c2cnn3CCO)cc1. The van der Waals surface area contributed by atoms with Crippen LogP contribution in [0, 0.1) is 11.3 Å². The van der Waals surface area contributed by atoms with E-state index in [1.807, 2.05) is 31.2 Å². The number of nitrogens with zero attached hydrogens (tertiary/aromatic N) is 4. The maximum atomic E-state index is 11.7. The molecule has 3 aromatic rings. The minimum Gasteiger partial charge on any atom is -0.394 e. The average Bonchev–Trinajstić information content (AvgIpc) is 3.13. The summed E-state index contributed by atoms with van der Waals surface area (Å²) in [4.78, 5) is 16.0. The highest BCUT2D eigenvalue weighted by molar-refractivity contribution is 5.92. The van der Waals surface area contributed by atoms with Gasteiger partial charge in [-0.05, 0) is 30.5 Å². The molecule has 8 heteroatoms. The van der Waals surface area contributed by atoms with E-state index < -0.39 is 0 Å². The number of hydrogen-bond donors (Lipinski definition) is 3. The van der Waals surface area contributed by atoms with E-state index in [-0.39, 0.29) is 12.5 Å². The van der Waals surface area contributed by atoms with Gasteiger partial charge in [-0.2, -0.15) is 10.4 Å². The highest BCUT2D eigenvalue weighted by Gasteiger charge is 2.13. The third kappa shape index (κ3) is 4.89. The number of pyridine rings is 1. The Morgan fingerprint density at radius 3 is 2.76 bits per heavy atom. The Kier molecular flexibility index (Phi) is 6.76. The van der Waals surface area contributed by atoms with Crippen molar-refractivity contribution in [2.24, 2.45) is 0 Å². The number of aliphatic hydroxyl groups excluding tert-OH is 1. The number of carbonyl (C=O) groups excluding carboxylic acids is 1. The van der Waals surface area contributed by atoms with Crippen LogP contribution in [0.1, 0.15) is 30.9 Å². The molecule has 0 fully saturated rings. The van der Waals surface area contributed by atoms with Gasteiger partial charge < -0.3 is 15.7 Å². The van der Waals surface area contributed by atoms with Crippen molar-refractivity contribution in [3.63, 3.8) is 0 Å². The molecule has 0 aliphatic heterocycles. The van der Waals surface area contributed by atoms with Gasteiger partial charge >= 0.3 is 0 Å². The Balaban J connectivity index is 1.66. The predicted octanol–water partition coefficient (Wildman–Crippen LogP) is 2.69. The molecule has 0 saturated heterocycles. The lowest BCUT2D eigenvalue weighted by atomic mass is 10.1. The molecule has 0 atom stereocenters. The molecule has 0 unspecified atom stereocenters. The summed E-state index contributed by atoms with van der Waals surface area (Å²) in [7, 11) is 0. The normalized spacial score (nSPS) is 10.7. The lowest BCUT2D eigenvalue weighted by Crippen LogP contribution is -2.11. The third-order valence-electron chi connectivity index (χ3n) is 4.53. The Hall–Kier alpha value is -3.44. The van der Waals surface area contributed by atoms with Gasteiger partial charge in [-0.1, -0.05) is 19.1 Å². The number of aromatic nitrogens is 3. The Bertz CT molecular complexity index is 1020. The number of aliphatic hydroxyl groups is 1. The number of benzene rings is 1. The van der Waals surface area contributed by atoms with Gasteiger partial charge in [-0.25, -0.2) is 9.67 Å². The fourth-order valence-electron chi connectivity index (χ4n) is 3.10. The molecule has 1 aromatic carbocycles. The highest BCUT2D eigenvalue weighted by Crippen LogP contribution is 2.25. The molecule has 3 N–H and O–H groups in total. The first-order valence-corrected chi connectivity index (χ1v) is 9.64. The highest BCUT2D eigenvalue weighted by atomic mass is 16.3. The summed E-state index contributed by atoms with van der Waals surface area (Å²) in [5.74, 6) is 0.0226. The zero-order valence-electron chi connectivity index (χ0n) is 16.4. The first kappa shape index (κ1) is 20.3. The van der Waals surface area contributed by atoms with Gasteiger partial charge in [0.05, 0.1) is 36.0 Å². The van der Waals surface area contributed by atoms with E-state index in [0.29, 0.717) is 36.4 Å². The molecule has 29 heavy (non-hydrogen) atoms. The number of fused-ring (bicyclic) bond motifs is 1. The standard InChI is InChI=1S/C21H24N6O2/c1-2-3-19(29)26-17-6-4-15(5-7-17)8-9-23-20-16(12-22)13-24-21-18(20)14-25-27(21)10-11-28/h4-7,13-14,28H,2-3,8-11H2,1H3,(H,23,24)(H,26,29).